The van der Waals surface area contributed by atoms with Crippen LogP contribution in [0.25, 0.3) is 0 Å². The van der Waals surface area contributed by atoms with Crippen LogP contribution in [0.15, 0.2) is 29.8 Å². The Morgan fingerprint density at radius 2 is 1.94 bits per heavy atom. The number of nitrogens with zero attached hydrogens (tertiary/aromatic N) is 2. The largest absolute Gasteiger partial charge is 0.461 e. The number of esters is 1. The van der Waals surface area contributed by atoms with Gasteiger partial charge in [-0.1, -0.05) is 37.6 Å². The highest BCUT2D eigenvalue weighted by molar-refractivity contribution is 5.76. The fourth-order valence-electron chi connectivity index (χ4n) is 6.78. The van der Waals surface area contributed by atoms with Crippen molar-refractivity contribution in [2.45, 2.75) is 59.2 Å². The minimum atomic E-state index is -0.518. The normalized spacial score (nSPS) is 37.5. The van der Waals surface area contributed by atoms with E-state index in [2.05, 4.69) is 61.8 Å². The molecule has 6 atom stereocenters. The Balaban J connectivity index is 1.28. The second-order valence-corrected chi connectivity index (χ2v) is 10.9. The van der Waals surface area contributed by atoms with Crippen LogP contribution in [0.1, 0.15) is 44.2 Å². The van der Waals surface area contributed by atoms with Gasteiger partial charge in [-0.15, -0.1) is 0 Å². The van der Waals surface area contributed by atoms with Crippen molar-refractivity contribution in [1.82, 2.24) is 4.90 Å². The van der Waals surface area contributed by atoms with Crippen LogP contribution in [0, 0.1) is 37.0 Å². The second-order valence-electron chi connectivity index (χ2n) is 10.9. The minimum absolute atomic E-state index is 0.0951. The highest BCUT2D eigenvalue weighted by Gasteiger charge is 2.59. The number of allylic oxidation sites excluding steroid dienone is 1. The zero-order chi connectivity index (χ0) is 22.6. The van der Waals surface area contributed by atoms with Gasteiger partial charge in [0.2, 0.25) is 0 Å². The van der Waals surface area contributed by atoms with E-state index in [-0.39, 0.29) is 29.3 Å². The topological polar surface area (TPSA) is 53.0 Å². The van der Waals surface area contributed by atoms with Crippen LogP contribution in [0.2, 0.25) is 0 Å². The van der Waals surface area contributed by atoms with Crippen molar-refractivity contribution in [3.63, 3.8) is 0 Å². The SMILES string of the molecule is Cc1ccc(C)c(N2CCN(C[C@H]3C(=O)O[C@@H]4CC5=CCC[C@H](C)[C@@]5(C)[C@H](O)[C@@H]43)CC2)c1. The number of carbonyl (C=O) groups excluding carboxylic acids is 1. The summed E-state index contributed by atoms with van der Waals surface area (Å²) in [5.41, 5.74) is 5.01. The lowest BCUT2D eigenvalue weighted by Gasteiger charge is -2.52. The molecule has 2 heterocycles. The molecule has 5 nitrogen and oxygen atoms in total. The quantitative estimate of drug-likeness (QED) is 0.576. The van der Waals surface area contributed by atoms with Crippen LogP contribution in [-0.4, -0.2) is 60.9 Å². The lowest BCUT2D eigenvalue weighted by atomic mass is 9.55. The lowest BCUT2D eigenvalue weighted by Crippen LogP contribution is -2.55. The summed E-state index contributed by atoms with van der Waals surface area (Å²) in [6.07, 6.45) is 4.59. The average Bonchev–Trinajstić information content (AvgIpc) is 3.08. The number of carbonyl (C=O) groups is 1. The van der Waals surface area contributed by atoms with E-state index in [4.69, 9.17) is 4.74 Å². The van der Waals surface area contributed by atoms with Crippen LogP contribution >= 0.6 is 0 Å². The predicted octanol–water partition coefficient (Wildman–Crippen LogP) is 3.71. The van der Waals surface area contributed by atoms with E-state index in [9.17, 15) is 9.90 Å². The molecule has 4 aliphatic rings. The van der Waals surface area contributed by atoms with Crippen LogP contribution in [0.3, 0.4) is 0 Å². The maximum Gasteiger partial charge on any atom is 0.311 e. The second kappa shape index (κ2) is 8.18. The zero-order valence-electron chi connectivity index (χ0n) is 20.0. The average molecular weight is 439 g/mol. The molecule has 5 heteroatoms. The van der Waals surface area contributed by atoms with Gasteiger partial charge in [-0.25, -0.2) is 0 Å². The Kier molecular flexibility index (Phi) is 5.61. The number of benzene rings is 1. The van der Waals surface area contributed by atoms with E-state index in [0.29, 0.717) is 12.5 Å². The van der Waals surface area contributed by atoms with Crippen molar-refractivity contribution in [2.75, 3.05) is 37.6 Å². The molecule has 0 amide bonds. The zero-order valence-corrected chi connectivity index (χ0v) is 20.0. The number of fused-ring (bicyclic) bond motifs is 2. The summed E-state index contributed by atoms with van der Waals surface area (Å²) in [5, 5.41) is 11.6. The Hall–Kier alpha value is -1.85. The number of aryl methyl sites for hydroxylation is 2. The maximum atomic E-state index is 12.9. The molecular formula is C27H38N2O3. The summed E-state index contributed by atoms with van der Waals surface area (Å²) in [5.74, 6) is -0.000529. The molecule has 0 bridgehead atoms. The van der Waals surface area contributed by atoms with E-state index in [1.807, 2.05) is 0 Å². The molecule has 3 fully saturated rings. The Morgan fingerprint density at radius 3 is 2.69 bits per heavy atom. The molecule has 2 saturated heterocycles. The molecule has 2 aliphatic heterocycles. The molecule has 0 spiro atoms. The number of hydrogen-bond donors (Lipinski definition) is 1. The van der Waals surface area contributed by atoms with Crippen molar-refractivity contribution in [2.24, 2.45) is 23.2 Å². The van der Waals surface area contributed by atoms with Crippen molar-refractivity contribution in [3.05, 3.63) is 41.0 Å². The van der Waals surface area contributed by atoms with Crippen LogP contribution < -0.4 is 4.90 Å². The molecule has 2 aliphatic carbocycles. The summed E-state index contributed by atoms with van der Waals surface area (Å²) in [6, 6.07) is 6.64. The van der Waals surface area contributed by atoms with E-state index in [0.717, 1.165) is 45.4 Å². The molecule has 0 unspecified atom stereocenters. The van der Waals surface area contributed by atoms with Crippen LogP contribution in [-0.2, 0) is 9.53 Å². The summed E-state index contributed by atoms with van der Waals surface area (Å²) >= 11 is 0. The number of aliphatic hydroxyl groups excluding tert-OH is 1. The van der Waals surface area contributed by atoms with Gasteiger partial charge in [-0.3, -0.25) is 9.69 Å². The summed E-state index contributed by atoms with van der Waals surface area (Å²) in [7, 11) is 0. The molecule has 0 aromatic heterocycles. The smallest absolute Gasteiger partial charge is 0.311 e. The standard InChI is InChI=1S/C27H38N2O3/c1-17-8-9-18(2)22(14-17)29-12-10-28(11-13-29)16-21-24-23(32-26(21)31)15-20-7-5-6-19(3)27(20,4)25(24)30/h7-9,14,19,21,23-25,30H,5-6,10-13,15-16H2,1-4H3/t19-,21+,23+,24+,25+,27+/m0/s1. The molecule has 5 rings (SSSR count). The fourth-order valence-corrected chi connectivity index (χ4v) is 6.78. The van der Waals surface area contributed by atoms with Gasteiger partial charge >= 0.3 is 5.97 Å². The number of ether oxygens (including phenoxy) is 1. The van der Waals surface area contributed by atoms with Crippen molar-refractivity contribution < 1.29 is 14.6 Å². The number of hydrogen-bond acceptors (Lipinski definition) is 5. The fraction of sp³-hybridized carbons (Fsp3) is 0.667. The molecule has 1 saturated carbocycles. The lowest BCUT2D eigenvalue weighted by molar-refractivity contribution is -0.145. The Bertz CT molecular complexity index is 919. The molecule has 1 aromatic rings. The third kappa shape index (κ3) is 3.49. The number of piperazine rings is 1. The van der Waals surface area contributed by atoms with Crippen molar-refractivity contribution in [3.8, 4) is 0 Å². The first-order chi connectivity index (χ1) is 15.3. The molecule has 1 N–H and O–H groups in total. The first-order valence-electron chi connectivity index (χ1n) is 12.4. The third-order valence-electron chi connectivity index (χ3n) is 9.10. The van der Waals surface area contributed by atoms with Gasteiger partial charge in [0, 0.05) is 56.2 Å². The van der Waals surface area contributed by atoms with E-state index in [1.54, 1.807) is 0 Å². The van der Waals surface area contributed by atoms with Crippen molar-refractivity contribution in [1.29, 1.82) is 0 Å². The van der Waals surface area contributed by atoms with Crippen LogP contribution in [0.4, 0.5) is 5.69 Å². The molecule has 174 valence electrons. The monoisotopic (exact) mass is 438 g/mol. The van der Waals surface area contributed by atoms with Gasteiger partial charge in [-0.05, 0) is 49.8 Å². The van der Waals surface area contributed by atoms with Gasteiger partial charge in [0.05, 0.1) is 12.0 Å². The first-order valence-corrected chi connectivity index (χ1v) is 12.4. The van der Waals surface area contributed by atoms with E-state index < -0.39 is 6.10 Å². The first kappa shape index (κ1) is 22.0. The Labute approximate surface area is 192 Å². The van der Waals surface area contributed by atoms with Gasteiger partial charge in [-0.2, -0.15) is 0 Å². The molecular weight excluding hydrogens is 400 g/mol. The van der Waals surface area contributed by atoms with Gasteiger partial charge in [0.25, 0.3) is 0 Å². The minimum Gasteiger partial charge on any atom is -0.461 e. The van der Waals surface area contributed by atoms with Gasteiger partial charge < -0.3 is 14.7 Å². The van der Waals surface area contributed by atoms with E-state index >= 15 is 0 Å². The van der Waals surface area contributed by atoms with Crippen molar-refractivity contribution >= 4 is 11.7 Å². The summed E-state index contributed by atoms with van der Waals surface area (Å²) < 4.78 is 5.86. The molecule has 32 heavy (non-hydrogen) atoms. The summed E-state index contributed by atoms with van der Waals surface area (Å²) in [4.78, 5) is 17.8. The van der Waals surface area contributed by atoms with E-state index in [1.165, 1.54) is 22.4 Å². The number of anilines is 1. The predicted molar refractivity (Wildman–Crippen MR) is 127 cm³/mol. The number of rotatable bonds is 3. The molecule has 1 aromatic carbocycles. The van der Waals surface area contributed by atoms with Gasteiger partial charge in [0.1, 0.15) is 6.10 Å². The van der Waals surface area contributed by atoms with Gasteiger partial charge in [0.15, 0.2) is 0 Å². The van der Waals surface area contributed by atoms with Crippen LogP contribution in [0.5, 0.6) is 0 Å². The Morgan fingerprint density at radius 1 is 1.19 bits per heavy atom. The highest BCUT2D eigenvalue weighted by Crippen LogP contribution is 2.56. The maximum absolute atomic E-state index is 12.9. The molecule has 0 radical (unpaired) electrons. The summed E-state index contributed by atoms with van der Waals surface area (Å²) in [6.45, 7) is 13.3. The number of aliphatic hydroxyl groups is 1. The third-order valence-corrected chi connectivity index (χ3v) is 9.10. The highest BCUT2D eigenvalue weighted by atomic mass is 16.6.